The molecule has 1 aliphatic heterocycles. The zero-order chi connectivity index (χ0) is 20.1. The topological polar surface area (TPSA) is 61.5 Å². The van der Waals surface area contributed by atoms with Crippen LogP contribution >= 0.6 is 11.6 Å². The molecule has 1 amide bonds. The van der Waals surface area contributed by atoms with E-state index in [1.165, 1.54) is 0 Å². The van der Waals surface area contributed by atoms with Gasteiger partial charge in [0.05, 0.1) is 5.69 Å². The number of aromatic nitrogens is 2. The van der Waals surface area contributed by atoms with Gasteiger partial charge in [0.2, 0.25) is 0 Å². The molecule has 150 valence electrons. The van der Waals surface area contributed by atoms with Crippen LogP contribution in [0.25, 0.3) is 11.3 Å². The number of nitrogens with zero attached hydrogens (tertiary/aromatic N) is 3. The number of halogens is 1. The summed E-state index contributed by atoms with van der Waals surface area (Å²) in [5.41, 5.74) is 2.31. The van der Waals surface area contributed by atoms with Crippen LogP contribution in [-0.2, 0) is 0 Å². The molecule has 7 heteroatoms. The smallest absolute Gasteiger partial charge is 0.271 e. The van der Waals surface area contributed by atoms with Gasteiger partial charge < -0.3 is 9.64 Å². The molecule has 6 nitrogen and oxygen atoms in total. The largest absolute Gasteiger partial charge is 0.492 e. The molecule has 1 N–H and O–H groups in total. The molecule has 1 aromatic heterocycles. The number of ether oxygens (including phenoxy) is 1. The van der Waals surface area contributed by atoms with Gasteiger partial charge in [-0.25, -0.2) is 0 Å². The van der Waals surface area contributed by atoms with Crippen molar-refractivity contribution in [1.29, 1.82) is 0 Å². The number of aromatic amines is 1. The van der Waals surface area contributed by atoms with E-state index in [2.05, 4.69) is 15.1 Å². The van der Waals surface area contributed by atoms with Crippen molar-refractivity contribution in [1.82, 2.24) is 20.0 Å². The summed E-state index contributed by atoms with van der Waals surface area (Å²) in [4.78, 5) is 17.0. The molecule has 1 saturated heterocycles. The number of amides is 1. The second kappa shape index (κ2) is 9.11. The predicted molar refractivity (Wildman–Crippen MR) is 113 cm³/mol. The lowest BCUT2D eigenvalue weighted by molar-refractivity contribution is 0.0614. The van der Waals surface area contributed by atoms with Crippen LogP contribution in [0.3, 0.4) is 0 Å². The Morgan fingerprint density at radius 1 is 1.03 bits per heavy atom. The lowest BCUT2D eigenvalue weighted by atomic mass is 10.1. The Bertz CT molecular complexity index is 935. The van der Waals surface area contributed by atoms with E-state index in [1.807, 2.05) is 65.6 Å². The summed E-state index contributed by atoms with van der Waals surface area (Å²) in [5, 5.41) is 7.87. The zero-order valence-electron chi connectivity index (χ0n) is 16.1. The van der Waals surface area contributed by atoms with Crippen molar-refractivity contribution < 1.29 is 9.53 Å². The standard InChI is InChI=1S/C22H23ClN4O2/c23-18-6-8-19(9-7-18)29-15-14-26-10-12-27(13-11-26)22(28)21-16-20(24-25-21)17-4-2-1-3-5-17/h1-9,16H,10-15H2,(H,24,25). The Balaban J connectivity index is 1.24. The Labute approximate surface area is 175 Å². The van der Waals surface area contributed by atoms with Gasteiger partial charge in [0.1, 0.15) is 18.1 Å². The van der Waals surface area contributed by atoms with Crippen molar-refractivity contribution in [2.24, 2.45) is 0 Å². The molecule has 29 heavy (non-hydrogen) atoms. The highest BCUT2D eigenvalue weighted by Gasteiger charge is 2.23. The fourth-order valence-electron chi connectivity index (χ4n) is 3.36. The maximum atomic E-state index is 12.8. The molecule has 0 saturated carbocycles. The highest BCUT2D eigenvalue weighted by atomic mass is 35.5. The van der Waals surface area contributed by atoms with Crippen molar-refractivity contribution in [3.05, 3.63) is 71.4 Å². The van der Waals surface area contributed by atoms with Gasteiger partial charge in [-0.1, -0.05) is 41.9 Å². The number of H-pyrrole nitrogens is 1. The summed E-state index contributed by atoms with van der Waals surface area (Å²) in [7, 11) is 0. The first-order valence-corrected chi connectivity index (χ1v) is 10.1. The third-order valence-corrected chi connectivity index (χ3v) is 5.28. The molecule has 1 aliphatic rings. The van der Waals surface area contributed by atoms with E-state index in [1.54, 1.807) is 0 Å². The maximum Gasteiger partial charge on any atom is 0.271 e. The molecule has 0 radical (unpaired) electrons. The third kappa shape index (κ3) is 4.96. The van der Waals surface area contributed by atoms with E-state index in [4.69, 9.17) is 16.3 Å². The Morgan fingerprint density at radius 3 is 2.48 bits per heavy atom. The maximum absolute atomic E-state index is 12.8. The number of hydrogen-bond donors (Lipinski definition) is 1. The number of rotatable bonds is 6. The minimum Gasteiger partial charge on any atom is -0.492 e. The van der Waals surface area contributed by atoms with Crippen molar-refractivity contribution in [3.8, 4) is 17.0 Å². The number of carbonyl (C=O) groups excluding carboxylic acids is 1. The minimum atomic E-state index is -0.00301. The molecule has 0 bridgehead atoms. The second-order valence-corrected chi connectivity index (χ2v) is 7.41. The number of piperazine rings is 1. The van der Waals surface area contributed by atoms with Gasteiger partial charge in [-0.05, 0) is 30.3 Å². The predicted octanol–water partition coefficient (Wildman–Crippen LogP) is 3.57. The molecule has 0 aliphatic carbocycles. The van der Waals surface area contributed by atoms with Crippen LogP contribution < -0.4 is 4.74 Å². The summed E-state index contributed by atoms with van der Waals surface area (Å²) in [5.74, 6) is 0.813. The van der Waals surface area contributed by atoms with Crippen LogP contribution in [0.4, 0.5) is 0 Å². The Kier molecular flexibility index (Phi) is 6.12. The molecular formula is C22H23ClN4O2. The number of benzene rings is 2. The highest BCUT2D eigenvalue weighted by Crippen LogP contribution is 2.18. The first-order chi connectivity index (χ1) is 14.2. The Hall–Kier alpha value is -2.83. The Morgan fingerprint density at radius 2 is 1.76 bits per heavy atom. The van der Waals surface area contributed by atoms with E-state index >= 15 is 0 Å². The van der Waals surface area contributed by atoms with E-state index in [-0.39, 0.29) is 5.91 Å². The molecular weight excluding hydrogens is 388 g/mol. The summed E-state index contributed by atoms with van der Waals surface area (Å²) >= 11 is 5.88. The van der Waals surface area contributed by atoms with Crippen LogP contribution in [0.1, 0.15) is 10.5 Å². The van der Waals surface area contributed by atoms with Gasteiger partial charge in [-0.15, -0.1) is 0 Å². The lowest BCUT2D eigenvalue weighted by Crippen LogP contribution is -2.49. The number of hydrogen-bond acceptors (Lipinski definition) is 4. The van der Waals surface area contributed by atoms with E-state index in [0.717, 1.165) is 36.6 Å². The molecule has 0 atom stereocenters. The van der Waals surface area contributed by atoms with Crippen LogP contribution in [-0.4, -0.2) is 65.2 Å². The van der Waals surface area contributed by atoms with Crippen molar-refractivity contribution >= 4 is 17.5 Å². The molecule has 0 unspecified atom stereocenters. The fraction of sp³-hybridized carbons (Fsp3) is 0.273. The van der Waals surface area contributed by atoms with Crippen molar-refractivity contribution in [2.45, 2.75) is 0 Å². The van der Waals surface area contributed by atoms with Crippen molar-refractivity contribution in [2.75, 3.05) is 39.3 Å². The molecule has 2 heterocycles. The van der Waals surface area contributed by atoms with Crippen LogP contribution in [0.5, 0.6) is 5.75 Å². The average molecular weight is 411 g/mol. The quantitative estimate of drug-likeness (QED) is 0.674. The van der Waals surface area contributed by atoms with E-state index < -0.39 is 0 Å². The summed E-state index contributed by atoms with van der Waals surface area (Å²) in [6.45, 7) is 4.48. The summed E-state index contributed by atoms with van der Waals surface area (Å²) in [6.07, 6.45) is 0. The van der Waals surface area contributed by atoms with Gasteiger partial charge in [0, 0.05) is 43.3 Å². The summed E-state index contributed by atoms with van der Waals surface area (Å²) in [6, 6.07) is 19.0. The van der Waals surface area contributed by atoms with Crippen LogP contribution in [0.2, 0.25) is 5.02 Å². The van der Waals surface area contributed by atoms with E-state index in [9.17, 15) is 4.79 Å². The minimum absolute atomic E-state index is 0.00301. The summed E-state index contributed by atoms with van der Waals surface area (Å²) < 4.78 is 5.76. The number of nitrogens with one attached hydrogen (secondary N) is 1. The second-order valence-electron chi connectivity index (χ2n) is 6.97. The lowest BCUT2D eigenvalue weighted by Gasteiger charge is -2.34. The van der Waals surface area contributed by atoms with Gasteiger partial charge >= 0.3 is 0 Å². The first kappa shape index (κ1) is 19.5. The van der Waals surface area contributed by atoms with Crippen molar-refractivity contribution in [3.63, 3.8) is 0 Å². The van der Waals surface area contributed by atoms with E-state index in [0.29, 0.717) is 30.4 Å². The van der Waals surface area contributed by atoms with Crippen LogP contribution in [0, 0.1) is 0 Å². The zero-order valence-corrected chi connectivity index (χ0v) is 16.8. The normalized spacial score (nSPS) is 14.7. The number of carbonyl (C=O) groups is 1. The molecule has 4 rings (SSSR count). The molecule has 1 fully saturated rings. The highest BCUT2D eigenvalue weighted by molar-refractivity contribution is 6.30. The van der Waals surface area contributed by atoms with Gasteiger partial charge in [-0.3, -0.25) is 14.8 Å². The third-order valence-electron chi connectivity index (χ3n) is 5.03. The molecule has 0 spiro atoms. The SMILES string of the molecule is O=C(c1cc(-c2ccccc2)n[nH]1)N1CCN(CCOc2ccc(Cl)cc2)CC1. The fourth-order valence-corrected chi connectivity index (χ4v) is 3.48. The van der Waals surface area contributed by atoms with Gasteiger partial charge in [0.15, 0.2) is 0 Å². The average Bonchev–Trinajstić information content (AvgIpc) is 3.26. The first-order valence-electron chi connectivity index (χ1n) is 9.70. The van der Waals surface area contributed by atoms with Crippen LogP contribution in [0.15, 0.2) is 60.7 Å². The molecule has 3 aromatic rings. The monoisotopic (exact) mass is 410 g/mol. The van der Waals surface area contributed by atoms with Gasteiger partial charge in [-0.2, -0.15) is 5.10 Å². The van der Waals surface area contributed by atoms with Gasteiger partial charge in [0.25, 0.3) is 5.91 Å². The molecule has 2 aromatic carbocycles.